The van der Waals surface area contributed by atoms with Gasteiger partial charge in [0.2, 0.25) is 0 Å². The molecule has 0 aliphatic carbocycles. The van der Waals surface area contributed by atoms with E-state index in [-0.39, 0.29) is 5.91 Å². The Kier molecular flexibility index (Phi) is 1.83. The normalized spacial score (nSPS) is 18.8. The van der Waals surface area contributed by atoms with Gasteiger partial charge in [-0.05, 0) is 19.1 Å². The predicted molar refractivity (Wildman–Crippen MR) is 60.5 cm³/mol. The molecule has 4 heteroatoms. The number of fused-ring (bicyclic) bond motifs is 3. The summed E-state index contributed by atoms with van der Waals surface area (Å²) < 4.78 is 5.61. The summed E-state index contributed by atoms with van der Waals surface area (Å²) in [5.41, 5.74) is 1.51. The lowest BCUT2D eigenvalue weighted by Crippen LogP contribution is -2.34. The topological polar surface area (TPSA) is 51.2 Å². The number of anilines is 1. The molecule has 16 heavy (non-hydrogen) atoms. The first kappa shape index (κ1) is 9.15. The molecule has 0 spiro atoms. The zero-order chi connectivity index (χ0) is 11.1. The molecule has 4 nitrogen and oxygen atoms in total. The molecule has 1 unspecified atom stereocenters. The summed E-state index contributed by atoms with van der Waals surface area (Å²) in [7, 11) is 0. The largest absolute Gasteiger partial charge is 0.478 e. The minimum atomic E-state index is -0.460. The first-order valence-electron chi connectivity index (χ1n) is 5.11. The van der Waals surface area contributed by atoms with Gasteiger partial charge in [-0.3, -0.25) is 9.78 Å². The molecule has 1 N–H and O–H groups in total. The molecule has 0 saturated heterocycles. The average Bonchev–Trinajstić information content (AvgIpc) is 2.31. The highest BCUT2D eigenvalue weighted by Gasteiger charge is 2.25. The van der Waals surface area contributed by atoms with Crippen LogP contribution in [0.2, 0.25) is 0 Å². The minimum Gasteiger partial charge on any atom is -0.478 e. The fourth-order valence-electron chi connectivity index (χ4n) is 1.80. The zero-order valence-electron chi connectivity index (χ0n) is 8.73. The molecule has 1 aliphatic heterocycles. The van der Waals surface area contributed by atoms with Crippen molar-refractivity contribution in [1.82, 2.24) is 4.98 Å². The third-order valence-corrected chi connectivity index (χ3v) is 2.65. The summed E-state index contributed by atoms with van der Waals surface area (Å²) in [5.74, 6) is 0.572. The van der Waals surface area contributed by atoms with Crippen LogP contribution in [0, 0.1) is 0 Å². The number of hydrogen-bond donors (Lipinski definition) is 1. The Morgan fingerprint density at radius 1 is 1.38 bits per heavy atom. The Morgan fingerprint density at radius 2 is 2.19 bits per heavy atom. The van der Waals surface area contributed by atoms with Crippen LogP contribution < -0.4 is 10.1 Å². The van der Waals surface area contributed by atoms with Crippen molar-refractivity contribution in [3.63, 3.8) is 0 Å². The molecule has 80 valence electrons. The van der Waals surface area contributed by atoms with Gasteiger partial charge < -0.3 is 10.1 Å². The van der Waals surface area contributed by atoms with Crippen molar-refractivity contribution in [1.29, 1.82) is 0 Å². The van der Waals surface area contributed by atoms with Crippen molar-refractivity contribution in [3.05, 3.63) is 30.5 Å². The van der Waals surface area contributed by atoms with Gasteiger partial charge in [-0.2, -0.15) is 0 Å². The van der Waals surface area contributed by atoms with E-state index in [4.69, 9.17) is 4.74 Å². The molecule has 2 aromatic rings. The molecule has 0 bridgehead atoms. The summed E-state index contributed by atoms with van der Waals surface area (Å²) in [6, 6.07) is 7.70. The maximum atomic E-state index is 11.4. The number of ether oxygens (including phenoxy) is 1. The smallest absolute Gasteiger partial charge is 0.265 e. The second kappa shape index (κ2) is 3.20. The molecule has 1 aromatic carbocycles. The van der Waals surface area contributed by atoms with Crippen LogP contribution in [-0.4, -0.2) is 17.0 Å². The summed E-state index contributed by atoms with van der Waals surface area (Å²) in [6.45, 7) is 1.73. The van der Waals surface area contributed by atoms with Crippen molar-refractivity contribution in [2.75, 3.05) is 5.32 Å². The van der Waals surface area contributed by atoms with Gasteiger partial charge in [-0.25, -0.2) is 0 Å². The van der Waals surface area contributed by atoms with E-state index in [2.05, 4.69) is 10.3 Å². The number of aromatic nitrogens is 1. The van der Waals surface area contributed by atoms with Gasteiger partial charge in [0.05, 0.1) is 11.7 Å². The van der Waals surface area contributed by atoms with Crippen LogP contribution >= 0.6 is 0 Å². The van der Waals surface area contributed by atoms with E-state index in [1.807, 2.05) is 24.3 Å². The molecule has 1 aromatic heterocycles. The van der Waals surface area contributed by atoms with Crippen LogP contribution in [0.5, 0.6) is 5.75 Å². The van der Waals surface area contributed by atoms with E-state index in [0.717, 1.165) is 10.9 Å². The van der Waals surface area contributed by atoms with Crippen LogP contribution in [0.15, 0.2) is 30.5 Å². The highest BCUT2D eigenvalue weighted by Crippen LogP contribution is 2.35. The Labute approximate surface area is 92.2 Å². The Balaban J connectivity index is 2.27. The molecule has 2 heterocycles. The molecule has 1 aliphatic rings. The van der Waals surface area contributed by atoms with Gasteiger partial charge in [0.1, 0.15) is 5.69 Å². The number of amides is 1. The summed E-state index contributed by atoms with van der Waals surface area (Å²) in [6.07, 6.45) is 1.17. The number of nitrogens with zero attached hydrogens (tertiary/aromatic N) is 1. The van der Waals surface area contributed by atoms with E-state index >= 15 is 0 Å². The molecule has 1 atom stereocenters. The van der Waals surface area contributed by atoms with E-state index < -0.39 is 6.10 Å². The van der Waals surface area contributed by atoms with Gasteiger partial charge in [-0.15, -0.1) is 0 Å². The SMILES string of the molecule is CC1Oc2c(cnc3ccccc23)NC1=O. The monoisotopic (exact) mass is 214 g/mol. The lowest BCUT2D eigenvalue weighted by molar-refractivity contribution is -0.122. The molecule has 0 radical (unpaired) electrons. The van der Waals surface area contributed by atoms with E-state index in [1.165, 1.54) is 0 Å². The van der Waals surface area contributed by atoms with Gasteiger partial charge in [0.15, 0.2) is 11.9 Å². The number of benzene rings is 1. The minimum absolute atomic E-state index is 0.135. The van der Waals surface area contributed by atoms with Crippen LogP contribution in [0.4, 0.5) is 5.69 Å². The lowest BCUT2D eigenvalue weighted by Gasteiger charge is -2.23. The quantitative estimate of drug-likeness (QED) is 0.729. The number of nitrogens with one attached hydrogen (secondary N) is 1. The molecule has 0 fully saturated rings. The standard InChI is InChI=1S/C12H10N2O2/c1-7-12(15)14-10-6-13-9-5-3-2-4-8(9)11(10)16-7/h2-7H,1H3,(H,14,15). The fourth-order valence-corrected chi connectivity index (χ4v) is 1.80. The van der Waals surface area contributed by atoms with Crippen molar-refractivity contribution in [3.8, 4) is 5.75 Å². The van der Waals surface area contributed by atoms with Gasteiger partial charge >= 0.3 is 0 Å². The number of carbonyl (C=O) groups is 1. The maximum Gasteiger partial charge on any atom is 0.265 e. The van der Waals surface area contributed by atoms with Crippen molar-refractivity contribution in [2.24, 2.45) is 0 Å². The maximum absolute atomic E-state index is 11.4. The predicted octanol–water partition coefficient (Wildman–Crippen LogP) is 1.95. The highest BCUT2D eigenvalue weighted by atomic mass is 16.5. The Bertz CT molecular complexity index is 580. The van der Waals surface area contributed by atoms with Crippen LogP contribution in [-0.2, 0) is 4.79 Å². The number of pyridine rings is 1. The number of para-hydroxylation sites is 1. The Morgan fingerprint density at radius 3 is 3.06 bits per heavy atom. The van der Waals surface area contributed by atoms with Gasteiger partial charge in [0, 0.05) is 5.39 Å². The van der Waals surface area contributed by atoms with Crippen molar-refractivity contribution in [2.45, 2.75) is 13.0 Å². The highest BCUT2D eigenvalue weighted by molar-refractivity contribution is 6.02. The number of carbonyl (C=O) groups excluding carboxylic acids is 1. The summed E-state index contributed by atoms with van der Waals surface area (Å²) in [5, 5.41) is 3.70. The second-order valence-corrected chi connectivity index (χ2v) is 3.77. The van der Waals surface area contributed by atoms with Crippen molar-refractivity contribution >= 4 is 22.5 Å². The number of rotatable bonds is 0. The lowest BCUT2D eigenvalue weighted by atomic mass is 10.1. The van der Waals surface area contributed by atoms with Crippen LogP contribution in [0.3, 0.4) is 0 Å². The van der Waals surface area contributed by atoms with Gasteiger partial charge in [-0.1, -0.05) is 12.1 Å². The number of hydrogen-bond acceptors (Lipinski definition) is 3. The van der Waals surface area contributed by atoms with Crippen LogP contribution in [0.1, 0.15) is 6.92 Å². The third kappa shape index (κ3) is 1.23. The third-order valence-electron chi connectivity index (χ3n) is 2.65. The second-order valence-electron chi connectivity index (χ2n) is 3.77. The first-order valence-corrected chi connectivity index (χ1v) is 5.11. The first-order chi connectivity index (χ1) is 7.75. The van der Waals surface area contributed by atoms with Crippen molar-refractivity contribution < 1.29 is 9.53 Å². The molecular weight excluding hydrogens is 204 g/mol. The Hall–Kier alpha value is -2.10. The fraction of sp³-hybridized carbons (Fsp3) is 0.167. The van der Waals surface area contributed by atoms with Crippen LogP contribution in [0.25, 0.3) is 10.9 Å². The van der Waals surface area contributed by atoms with Gasteiger partial charge in [0.25, 0.3) is 5.91 Å². The van der Waals surface area contributed by atoms with E-state index in [0.29, 0.717) is 11.4 Å². The molecule has 1 amide bonds. The molecular formula is C12H10N2O2. The summed E-state index contributed by atoms with van der Waals surface area (Å²) >= 11 is 0. The summed E-state index contributed by atoms with van der Waals surface area (Å²) in [4.78, 5) is 15.7. The molecule has 3 rings (SSSR count). The molecule has 0 saturated carbocycles. The van der Waals surface area contributed by atoms with E-state index in [9.17, 15) is 4.79 Å². The zero-order valence-corrected chi connectivity index (χ0v) is 8.73. The average molecular weight is 214 g/mol. The van der Waals surface area contributed by atoms with E-state index in [1.54, 1.807) is 13.1 Å².